The zero-order chi connectivity index (χ0) is 14.9. The number of hydrogen-bond donors (Lipinski definition) is 0. The summed E-state index contributed by atoms with van der Waals surface area (Å²) in [5, 5.41) is 0. The van der Waals surface area contributed by atoms with Crippen LogP contribution in [-0.4, -0.2) is 61.7 Å². The molecule has 0 radical (unpaired) electrons. The minimum atomic E-state index is -3.33. The molecule has 0 saturated carbocycles. The maximum absolute atomic E-state index is 12.8. The van der Waals surface area contributed by atoms with Crippen molar-refractivity contribution in [2.45, 2.75) is 19.4 Å². The number of hydrogen-bond acceptors (Lipinski definition) is 3. The second-order valence-electron chi connectivity index (χ2n) is 5.92. The van der Waals surface area contributed by atoms with Crippen molar-refractivity contribution in [1.82, 2.24) is 13.5 Å². The van der Waals surface area contributed by atoms with Crippen LogP contribution in [0.5, 0.6) is 0 Å². The van der Waals surface area contributed by atoms with Gasteiger partial charge in [-0.2, -0.15) is 17.0 Å². The van der Waals surface area contributed by atoms with Gasteiger partial charge in [-0.25, -0.2) is 0 Å². The SMILES string of the molecule is CN1CCCN(S(=O)(=O)N2CCc3ccccc3C2)CC1. The fourth-order valence-corrected chi connectivity index (χ4v) is 4.71. The van der Waals surface area contributed by atoms with E-state index >= 15 is 0 Å². The maximum atomic E-state index is 12.8. The highest BCUT2D eigenvalue weighted by molar-refractivity contribution is 7.86. The molecule has 1 fully saturated rings. The van der Waals surface area contributed by atoms with Crippen molar-refractivity contribution in [1.29, 1.82) is 0 Å². The van der Waals surface area contributed by atoms with E-state index in [1.807, 2.05) is 25.2 Å². The van der Waals surface area contributed by atoms with Crippen molar-refractivity contribution in [3.8, 4) is 0 Å². The van der Waals surface area contributed by atoms with Crippen LogP contribution in [0, 0.1) is 0 Å². The Morgan fingerprint density at radius 3 is 2.48 bits per heavy atom. The average molecular weight is 309 g/mol. The van der Waals surface area contributed by atoms with Crippen LogP contribution in [0.25, 0.3) is 0 Å². The normalized spacial score (nSPS) is 22.7. The van der Waals surface area contributed by atoms with Gasteiger partial charge >= 0.3 is 0 Å². The summed E-state index contributed by atoms with van der Waals surface area (Å²) in [5.74, 6) is 0. The average Bonchev–Trinajstić information content (AvgIpc) is 2.72. The Morgan fingerprint density at radius 2 is 1.67 bits per heavy atom. The van der Waals surface area contributed by atoms with Gasteiger partial charge in [0, 0.05) is 32.7 Å². The molecule has 0 unspecified atom stereocenters. The largest absolute Gasteiger partial charge is 0.305 e. The molecule has 0 N–H and O–H groups in total. The van der Waals surface area contributed by atoms with E-state index in [4.69, 9.17) is 0 Å². The highest BCUT2D eigenvalue weighted by Gasteiger charge is 2.32. The molecule has 2 heterocycles. The molecule has 6 heteroatoms. The van der Waals surface area contributed by atoms with E-state index in [0.717, 1.165) is 31.5 Å². The number of benzene rings is 1. The molecule has 2 aliphatic heterocycles. The van der Waals surface area contributed by atoms with E-state index in [9.17, 15) is 8.42 Å². The van der Waals surface area contributed by atoms with Gasteiger partial charge < -0.3 is 4.90 Å². The topological polar surface area (TPSA) is 43.9 Å². The van der Waals surface area contributed by atoms with E-state index in [1.165, 1.54) is 5.56 Å². The summed E-state index contributed by atoms with van der Waals surface area (Å²) in [6.45, 7) is 4.09. The lowest BCUT2D eigenvalue weighted by Crippen LogP contribution is -2.46. The molecule has 1 aromatic rings. The Kier molecular flexibility index (Phi) is 4.31. The van der Waals surface area contributed by atoms with E-state index in [1.54, 1.807) is 8.61 Å². The maximum Gasteiger partial charge on any atom is 0.282 e. The zero-order valence-corrected chi connectivity index (χ0v) is 13.3. The lowest BCUT2D eigenvalue weighted by molar-refractivity contribution is 0.318. The molecule has 1 saturated heterocycles. The predicted molar refractivity (Wildman–Crippen MR) is 83.2 cm³/mol. The quantitative estimate of drug-likeness (QED) is 0.816. The smallest absolute Gasteiger partial charge is 0.282 e. The molecular weight excluding hydrogens is 286 g/mol. The zero-order valence-electron chi connectivity index (χ0n) is 12.5. The Labute approximate surface area is 127 Å². The summed E-state index contributed by atoms with van der Waals surface area (Å²) < 4.78 is 29.0. The lowest BCUT2D eigenvalue weighted by atomic mass is 10.0. The number of nitrogens with zero attached hydrogens (tertiary/aromatic N) is 3. The van der Waals surface area contributed by atoms with Crippen LogP contribution >= 0.6 is 0 Å². The number of likely N-dealkylation sites (N-methyl/N-ethyl adjacent to an activating group) is 1. The molecule has 0 amide bonds. The fraction of sp³-hybridized carbons (Fsp3) is 0.600. The minimum absolute atomic E-state index is 0.505. The molecule has 3 rings (SSSR count). The molecule has 1 aromatic carbocycles. The van der Waals surface area contributed by atoms with E-state index in [2.05, 4.69) is 11.0 Å². The van der Waals surface area contributed by atoms with Gasteiger partial charge in [0.1, 0.15) is 0 Å². The van der Waals surface area contributed by atoms with Crippen molar-refractivity contribution in [2.24, 2.45) is 0 Å². The third-order valence-electron chi connectivity index (χ3n) is 4.43. The van der Waals surface area contributed by atoms with Gasteiger partial charge in [-0.1, -0.05) is 24.3 Å². The Hall–Kier alpha value is -0.950. The summed E-state index contributed by atoms with van der Waals surface area (Å²) in [4.78, 5) is 2.20. The summed E-state index contributed by atoms with van der Waals surface area (Å²) in [5.41, 5.74) is 2.42. The van der Waals surface area contributed by atoms with Crippen molar-refractivity contribution < 1.29 is 8.42 Å². The molecule has 0 aliphatic carbocycles. The minimum Gasteiger partial charge on any atom is -0.305 e. The van der Waals surface area contributed by atoms with Crippen molar-refractivity contribution in [2.75, 3.05) is 39.8 Å². The third-order valence-corrected chi connectivity index (χ3v) is 6.41. The third kappa shape index (κ3) is 3.13. The van der Waals surface area contributed by atoms with Crippen molar-refractivity contribution in [3.05, 3.63) is 35.4 Å². The fourth-order valence-electron chi connectivity index (χ4n) is 3.08. The van der Waals surface area contributed by atoms with Crippen molar-refractivity contribution >= 4 is 10.2 Å². The molecule has 0 aromatic heterocycles. The van der Waals surface area contributed by atoms with Gasteiger partial charge in [-0.3, -0.25) is 0 Å². The Morgan fingerprint density at radius 1 is 0.905 bits per heavy atom. The molecule has 2 aliphatic rings. The first-order chi connectivity index (χ1) is 10.1. The van der Waals surface area contributed by atoms with Crippen molar-refractivity contribution in [3.63, 3.8) is 0 Å². The lowest BCUT2D eigenvalue weighted by Gasteiger charge is -2.32. The van der Waals surface area contributed by atoms with Gasteiger partial charge in [0.05, 0.1) is 0 Å². The molecule has 21 heavy (non-hydrogen) atoms. The highest BCUT2D eigenvalue weighted by atomic mass is 32.2. The molecule has 116 valence electrons. The van der Waals surface area contributed by atoms with Crippen LogP contribution in [0.4, 0.5) is 0 Å². The molecule has 5 nitrogen and oxygen atoms in total. The van der Waals surface area contributed by atoms with Gasteiger partial charge in [-0.15, -0.1) is 0 Å². The molecular formula is C15H23N3O2S. The number of rotatable bonds is 2. The first-order valence-electron chi connectivity index (χ1n) is 7.58. The second kappa shape index (κ2) is 6.04. The van der Waals surface area contributed by atoms with Crippen LogP contribution in [0.15, 0.2) is 24.3 Å². The summed E-state index contributed by atoms with van der Waals surface area (Å²) >= 11 is 0. The number of fused-ring (bicyclic) bond motifs is 1. The van der Waals surface area contributed by atoms with Gasteiger partial charge in [0.25, 0.3) is 10.2 Å². The Bertz CT molecular complexity index is 603. The van der Waals surface area contributed by atoms with E-state index < -0.39 is 10.2 Å². The standard InChI is InChI=1S/C15H23N3O2S/c1-16-8-4-9-17(12-11-16)21(19,20)18-10-7-14-5-2-3-6-15(14)13-18/h2-3,5-6H,4,7-13H2,1H3. The van der Waals surface area contributed by atoms with Gasteiger partial charge in [0.15, 0.2) is 0 Å². The highest BCUT2D eigenvalue weighted by Crippen LogP contribution is 2.23. The molecule has 0 atom stereocenters. The first kappa shape index (κ1) is 15.0. The van der Waals surface area contributed by atoms with Crippen LogP contribution in [0.2, 0.25) is 0 Å². The first-order valence-corrected chi connectivity index (χ1v) is 8.97. The van der Waals surface area contributed by atoms with E-state index in [-0.39, 0.29) is 0 Å². The van der Waals surface area contributed by atoms with Crippen LogP contribution in [-0.2, 0) is 23.2 Å². The monoisotopic (exact) mass is 309 g/mol. The molecule has 0 spiro atoms. The molecule has 0 bridgehead atoms. The summed E-state index contributed by atoms with van der Waals surface area (Å²) in [7, 11) is -1.29. The van der Waals surface area contributed by atoms with Crippen LogP contribution < -0.4 is 0 Å². The predicted octanol–water partition coefficient (Wildman–Crippen LogP) is 0.927. The van der Waals surface area contributed by atoms with E-state index in [0.29, 0.717) is 26.2 Å². The summed E-state index contributed by atoms with van der Waals surface area (Å²) in [6.07, 6.45) is 1.71. The second-order valence-corrected chi connectivity index (χ2v) is 7.84. The van der Waals surface area contributed by atoms with Crippen LogP contribution in [0.3, 0.4) is 0 Å². The van der Waals surface area contributed by atoms with Gasteiger partial charge in [-0.05, 0) is 37.6 Å². The summed E-state index contributed by atoms with van der Waals surface area (Å²) in [6, 6.07) is 8.14. The van der Waals surface area contributed by atoms with Gasteiger partial charge in [0.2, 0.25) is 0 Å². The Balaban J connectivity index is 1.77. The van der Waals surface area contributed by atoms with Crippen LogP contribution in [0.1, 0.15) is 17.5 Å².